The number of hydrogen-bond acceptors (Lipinski definition) is 3. The van der Waals surface area contributed by atoms with E-state index in [1.54, 1.807) is 31.4 Å². The summed E-state index contributed by atoms with van der Waals surface area (Å²) in [7, 11) is 1.60. The summed E-state index contributed by atoms with van der Waals surface area (Å²) in [6.07, 6.45) is 0.0387. The number of hydrogen-bond donors (Lipinski definition) is 1. The van der Waals surface area contributed by atoms with Gasteiger partial charge in [-0.05, 0) is 24.3 Å². The van der Waals surface area contributed by atoms with E-state index in [1.165, 1.54) is 6.07 Å². The van der Waals surface area contributed by atoms with Crippen LogP contribution in [0.5, 0.6) is 11.5 Å². The molecule has 110 valence electrons. The molecular weight excluding hydrogens is 293 g/mol. The molecule has 0 fully saturated rings. The summed E-state index contributed by atoms with van der Waals surface area (Å²) >= 11 is 5.83. The molecule has 0 bridgehead atoms. The Labute approximate surface area is 127 Å². The molecule has 0 saturated heterocycles. The summed E-state index contributed by atoms with van der Waals surface area (Å²) in [6, 6.07) is 10.1. The van der Waals surface area contributed by atoms with E-state index in [1.807, 2.05) is 6.07 Å². The quantitative estimate of drug-likeness (QED) is 0.911. The first-order chi connectivity index (χ1) is 10.1. The molecule has 3 rings (SSSR count). The predicted octanol–water partition coefficient (Wildman–Crippen LogP) is 4.01. The van der Waals surface area contributed by atoms with Crippen molar-refractivity contribution in [2.45, 2.75) is 18.6 Å². The van der Waals surface area contributed by atoms with Crippen molar-refractivity contribution in [3.63, 3.8) is 0 Å². The molecule has 1 aliphatic rings. The van der Waals surface area contributed by atoms with Gasteiger partial charge in [-0.25, -0.2) is 4.39 Å². The Balaban J connectivity index is 1.97. The average Bonchev–Trinajstić information content (AvgIpc) is 2.49. The molecule has 21 heavy (non-hydrogen) atoms. The number of ether oxygens (including phenoxy) is 2. The van der Waals surface area contributed by atoms with Crippen molar-refractivity contribution in [1.82, 2.24) is 0 Å². The summed E-state index contributed by atoms with van der Waals surface area (Å²) in [4.78, 5) is 0. The first-order valence-corrected chi connectivity index (χ1v) is 7.02. The summed E-state index contributed by atoms with van der Waals surface area (Å²) in [5.41, 5.74) is 7.49. The third-order valence-corrected chi connectivity index (χ3v) is 3.97. The van der Waals surface area contributed by atoms with E-state index in [0.717, 1.165) is 11.3 Å². The fraction of sp³-hybridized carbons (Fsp3) is 0.250. The minimum atomic E-state index is -0.451. The zero-order valence-electron chi connectivity index (χ0n) is 11.5. The van der Waals surface area contributed by atoms with Gasteiger partial charge in [0, 0.05) is 23.6 Å². The Bertz CT molecular complexity index is 677. The minimum Gasteiger partial charge on any atom is -0.497 e. The van der Waals surface area contributed by atoms with Crippen molar-refractivity contribution in [1.29, 1.82) is 0 Å². The fourth-order valence-electron chi connectivity index (χ4n) is 2.57. The Morgan fingerprint density at radius 1 is 1.29 bits per heavy atom. The summed E-state index contributed by atoms with van der Waals surface area (Å²) in [5, 5.41) is 0.0881. The highest BCUT2D eigenvalue weighted by Gasteiger charge is 2.29. The molecule has 1 unspecified atom stereocenters. The zero-order valence-corrected chi connectivity index (χ0v) is 12.2. The molecule has 0 spiro atoms. The summed E-state index contributed by atoms with van der Waals surface area (Å²) in [5.74, 6) is 0.924. The van der Waals surface area contributed by atoms with Crippen LogP contribution in [-0.2, 0) is 0 Å². The molecule has 0 radical (unpaired) electrons. The van der Waals surface area contributed by atoms with Crippen LogP contribution < -0.4 is 15.2 Å². The molecule has 0 saturated carbocycles. The molecule has 1 aliphatic heterocycles. The second-order valence-corrected chi connectivity index (χ2v) is 5.40. The molecule has 0 aromatic heterocycles. The number of methoxy groups -OCH3 is 1. The van der Waals surface area contributed by atoms with Crippen LogP contribution in [0.4, 0.5) is 4.39 Å². The van der Waals surface area contributed by atoms with E-state index in [2.05, 4.69) is 0 Å². The van der Waals surface area contributed by atoms with E-state index >= 15 is 0 Å². The topological polar surface area (TPSA) is 44.5 Å². The van der Waals surface area contributed by atoms with Gasteiger partial charge in [0.2, 0.25) is 0 Å². The monoisotopic (exact) mass is 307 g/mol. The highest BCUT2D eigenvalue weighted by atomic mass is 35.5. The third-order valence-electron chi connectivity index (χ3n) is 3.68. The smallest absolute Gasteiger partial charge is 0.148 e. The summed E-state index contributed by atoms with van der Waals surface area (Å²) < 4.78 is 25.2. The summed E-state index contributed by atoms with van der Waals surface area (Å²) in [6.45, 7) is 0. The largest absolute Gasteiger partial charge is 0.497 e. The Morgan fingerprint density at radius 3 is 2.86 bits per heavy atom. The normalized spacial score (nSPS) is 20.6. The Kier molecular flexibility index (Phi) is 3.74. The number of nitrogens with two attached hydrogens (primary N) is 1. The van der Waals surface area contributed by atoms with Gasteiger partial charge in [0.15, 0.2) is 0 Å². The molecule has 5 heteroatoms. The van der Waals surface area contributed by atoms with Gasteiger partial charge in [0.05, 0.1) is 12.1 Å². The molecular formula is C16H15ClFNO2. The van der Waals surface area contributed by atoms with E-state index in [-0.39, 0.29) is 11.1 Å². The molecule has 0 amide bonds. The molecule has 1 heterocycles. The predicted molar refractivity (Wildman–Crippen MR) is 79.3 cm³/mol. The Hall–Kier alpha value is -1.78. The lowest BCUT2D eigenvalue weighted by atomic mass is 9.93. The maximum absolute atomic E-state index is 14.1. The number of benzene rings is 2. The van der Waals surface area contributed by atoms with Crippen LogP contribution in [0.2, 0.25) is 5.02 Å². The van der Waals surface area contributed by atoms with Gasteiger partial charge in [-0.1, -0.05) is 23.7 Å². The van der Waals surface area contributed by atoms with Crippen LogP contribution in [0.15, 0.2) is 36.4 Å². The average molecular weight is 308 g/mol. The maximum Gasteiger partial charge on any atom is 0.148 e. The standard InChI is InChI=1S/C16H15ClFNO2/c1-20-9-5-6-14-11(7-9)13(19)8-15(21-14)10-3-2-4-12(17)16(10)18/h2-7,13,15H,8,19H2,1H3/t13-,15?/m0/s1. The van der Waals surface area contributed by atoms with Gasteiger partial charge in [0.1, 0.15) is 23.4 Å². The number of fused-ring (bicyclic) bond motifs is 1. The van der Waals surface area contributed by atoms with E-state index < -0.39 is 11.9 Å². The number of rotatable bonds is 2. The second-order valence-electron chi connectivity index (χ2n) is 5.00. The minimum absolute atomic E-state index is 0.0881. The van der Waals surface area contributed by atoms with E-state index in [0.29, 0.717) is 17.7 Å². The molecule has 2 aromatic carbocycles. The Morgan fingerprint density at radius 2 is 2.10 bits per heavy atom. The first-order valence-electron chi connectivity index (χ1n) is 6.64. The van der Waals surface area contributed by atoms with E-state index in [4.69, 9.17) is 26.8 Å². The van der Waals surface area contributed by atoms with Crippen LogP contribution >= 0.6 is 11.6 Å². The van der Waals surface area contributed by atoms with Gasteiger partial charge in [0.25, 0.3) is 0 Å². The maximum atomic E-state index is 14.1. The highest BCUT2D eigenvalue weighted by Crippen LogP contribution is 2.42. The van der Waals surface area contributed by atoms with Crippen molar-refractivity contribution in [2.24, 2.45) is 5.73 Å². The SMILES string of the molecule is COc1ccc2c(c1)[C@@H](N)CC(c1cccc(Cl)c1F)O2. The lowest BCUT2D eigenvalue weighted by molar-refractivity contribution is 0.157. The van der Waals surface area contributed by atoms with Crippen molar-refractivity contribution in [3.8, 4) is 11.5 Å². The van der Waals surface area contributed by atoms with Crippen LogP contribution in [0.1, 0.15) is 29.7 Å². The molecule has 2 N–H and O–H groups in total. The van der Waals surface area contributed by atoms with E-state index in [9.17, 15) is 4.39 Å². The lowest BCUT2D eigenvalue weighted by Crippen LogP contribution is -2.24. The number of halogens is 2. The molecule has 3 nitrogen and oxygen atoms in total. The van der Waals surface area contributed by atoms with Crippen molar-refractivity contribution >= 4 is 11.6 Å². The zero-order chi connectivity index (χ0) is 15.0. The van der Waals surface area contributed by atoms with Crippen molar-refractivity contribution in [3.05, 3.63) is 58.4 Å². The van der Waals surface area contributed by atoms with Gasteiger partial charge >= 0.3 is 0 Å². The molecule has 0 aliphatic carbocycles. The lowest BCUT2D eigenvalue weighted by Gasteiger charge is -2.31. The first kappa shape index (κ1) is 14.2. The molecule has 2 atom stereocenters. The van der Waals surface area contributed by atoms with Gasteiger partial charge in [-0.15, -0.1) is 0 Å². The van der Waals surface area contributed by atoms with Gasteiger partial charge in [-0.3, -0.25) is 0 Å². The van der Waals surface area contributed by atoms with Gasteiger partial charge in [-0.2, -0.15) is 0 Å². The van der Waals surface area contributed by atoms with Crippen LogP contribution in [0.3, 0.4) is 0 Å². The van der Waals surface area contributed by atoms with Gasteiger partial charge < -0.3 is 15.2 Å². The van der Waals surface area contributed by atoms with Crippen molar-refractivity contribution < 1.29 is 13.9 Å². The highest BCUT2D eigenvalue weighted by molar-refractivity contribution is 6.30. The third kappa shape index (κ3) is 2.57. The van der Waals surface area contributed by atoms with Crippen LogP contribution in [0, 0.1) is 5.82 Å². The van der Waals surface area contributed by atoms with Crippen molar-refractivity contribution in [2.75, 3.05) is 7.11 Å². The second kappa shape index (κ2) is 5.54. The van der Waals surface area contributed by atoms with Crippen LogP contribution in [-0.4, -0.2) is 7.11 Å². The van der Waals surface area contributed by atoms with Crippen LogP contribution in [0.25, 0.3) is 0 Å². The molecule has 2 aromatic rings. The fourth-order valence-corrected chi connectivity index (χ4v) is 2.75.